The zero-order chi connectivity index (χ0) is 17.6. The Bertz CT molecular complexity index is 723. The Kier molecular flexibility index (Phi) is 6.00. The lowest BCUT2D eigenvalue weighted by Crippen LogP contribution is -2.44. The van der Waals surface area contributed by atoms with Gasteiger partial charge in [-0.25, -0.2) is 0 Å². The summed E-state index contributed by atoms with van der Waals surface area (Å²) in [7, 11) is 0. The van der Waals surface area contributed by atoms with Crippen LogP contribution in [0.15, 0.2) is 30.3 Å². The number of nitrogens with zero attached hydrogens (tertiary/aromatic N) is 2. The van der Waals surface area contributed by atoms with Crippen LogP contribution >= 0.6 is 0 Å². The van der Waals surface area contributed by atoms with Gasteiger partial charge in [0, 0.05) is 43.8 Å². The van der Waals surface area contributed by atoms with E-state index in [2.05, 4.69) is 34.4 Å². The van der Waals surface area contributed by atoms with Crippen LogP contribution in [0.25, 0.3) is 10.9 Å². The minimum atomic E-state index is 0.000751. The quantitative estimate of drug-likeness (QED) is 0.793. The molecule has 1 fully saturated rings. The van der Waals surface area contributed by atoms with E-state index < -0.39 is 0 Å². The van der Waals surface area contributed by atoms with Crippen molar-refractivity contribution in [3.05, 3.63) is 41.6 Å². The van der Waals surface area contributed by atoms with Gasteiger partial charge in [-0.1, -0.05) is 32.0 Å². The summed E-state index contributed by atoms with van der Waals surface area (Å²) in [6.45, 7) is 10.3. The summed E-state index contributed by atoms with van der Waals surface area (Å²) >= 11 is 0. The Balaban J connectivity index is 1.64. The van der Waals surface area contributed by atoms with Crippen LogP contribution < -0.4 is 10.6 Å². The highest BCUT2D eigenvalue weighted by Crippen LogP contribution is 2.22. The van der Waals surface area contributed by atoms with Crippen molar-refractivity contribution in [3.63, 3.8) is 0 Å². The van der Waals surface area contributed by atoms with Gasteiger partial charge in [0.05, 0.1) is 11.1 Å². The first-order valence-electron chi connectivity index (χ1n) is 9.26. The number of para-hydroxylation sites is 1. The molecule has 2 aromatic rings. The molecule has 25 heavy (non-hydrogen) atoms. The third kappa shape index (κ3) is 4.55. The van der Waals surface area contributed by atoms with E-state index in [9.17, 15) is 4.79 Å². The van der Waals surface area contributed by atoms with Gasteiger partial charge in [-0.3, -0.25) is 9.78 Å². The van der Waals surface area contributed by atoms with Gasteiger partial charge in [0.1, 0.15) is 0 Å². The lowest BCUT2D eigenvalue weighted by atomic mass is 10.0. The van der Waals surface area contributed by atoms with Crippen LogP contribution in [0.4, 0.5) is 0 Å². The molecule has 1 aromatic carbocycles. The van der Waals surface area contributed by atoms with Crippen molar-refractivity contribution in [2.75, 3.05) is 39.3 Å². The lowest BCUT2D eigenvalue weighted by molar-refractivity contribution is 0.0952. The van der Waals surface area contributed by atoms with Gasteiger partial charge >= 0.3 is 0 Å². The van der Waals surface area contributed by atoms with E-state index in [0.717, 1.165) is 61.3 Å². The van der Waals surface area contributed by atoms with Crippen LogP contribution in [0, 0.1) is 0 Å². The zero-order valence-corrected chi connectivity index (χ0v) is 15.2. The molecule has 0 unspecified atom stereocenters. The van der Waals surface area contributed by atoms with Crippen molar-refractivity contribution in [2.24, 2.45) is 0 Å². The number of carbonyl (C=O) groups excluding carboxylic acids is 1. The number of pyridine rings is 1. The molecule has 0 bridgehead atoms. The molecular weight excluding hydrogens is 312 g/mol. The minimum absolute atomic E-state index is 0.000751. The van der Waals surface area contributed by atoms with Gasteiger partial charge in [0.25, 0.3) is 5.91 Å². The van der Waals surface area contributed by atoms with Gasteiger partial charge in [-0.2, -0.15) is 0 Å². The predicted octanol–water partition coefficient (Wildman–Crippen LogP) is 2.38. The predicted molar refractivity (Wildman–Crippen MR) is 102 cm³/mol. The highest BCUT2D eigenvalue weighted by atomic mass is 16.1. The molecule has 134 valence electrons. The second-order valence-electron chi connectivity index (χ2n) is 6.97. The molecule has 1 saturated heterocycles. The Morgan fingerprint density at radius 3 is 2.80 bits per heavy atom. The van der Waals surface area contributed by atoms with Crippen molar-refractivity contribution >= 4 is 16.8 Å². The van der Waals surface area contributed by atoms with Gasteiger partial charge < -0.3 is 15.5 Å². The number of piperazine rings is 1. The number of hydrogen-bond acceptors (Lipinski definition) is 4. The summed E-state index contributed by atoms with van der Waals surface area (Å²) in [4.78, 5) is 19.9. The summed E-state index contributed by atoms with van der Waals surface area (Å²) in [5.74, 6) is 0.296. The van der Waals surface area contributed by atoms with Crippen molar-refractivity contribution in [1.82, 2.24) is 20.5 Å². The molecule has 0 radical (unpaired) electrons. The maximum Gasteiger partial charge on any atom is 0.252 e. The number of fused-ring (bicyclic) bond motifs is 1. The van der Waals surface area contributed by atoms with E-state index in [1.165, 1.54) is 0 Å². The number of benzene rings is 1. The van der Waals surface area contributed by atoms with E-state index in [4.69, 9.17) is 0 Å². The van der Waals surface area contributed by atoms with E-state index in [0.29, 0.717) is 12.5 Å². The minimum Gasteiger partial charge on any atom is -0.352 e. The second kappa shape index (κ2) is 8.41. The average Bonchev–Trinajstić information content (AvgIpc) is 2.65. The number of aromatic nitrogens is 1. The van der Waals surface area contributed by atoms with Gasteiger partial charge in [-0.05, 0) is 31.0 Å². The molecule has 0 spiro atoms. The van der Waals surface area contributed by atoms with Crippen molar-refractivity contribution in [1.29, 1.82) is 0 Å². The molecule has 3 rings (SSSR count). The number of carbonyl (C=O) groups is 1. The molecule has 2 heterocycles. The van der Waals surface area contributed by atoms with E-state index in [-0.39, 0.29) is 5.91 Å². The first-order chi connectivity index (χ1) is 12.1. The van der Waals surface area contributed by atoms with E-state index >= 15 is 0 Å². The lowest BCUT2D eigenvalue weighted by Gasteiger charge is -2.27. The third-order valence-corrected chi connectivity index (χ3v) is 4.72. The molecule has 0 atom stereocenters. The van der Waals surface area contributed by atoms with Gasteiger partial charge in [0.2, 0.25) is 0 Å². The maximum absolute atomic E-state index is 12.7. The molecule has 1 aromatic heterocycles. The Hall–Kier alpha value is -1.98. The normalized spacial score (nSPS) is 15.6. The van der Waals surface area contributed by atoms with Crippen molar-refractivity contribution < 1.29 is 4.79 Å². The average molecular weight is 340 g/mol. The van der Waals surface area contributed by atoms with Crippen molar-refractivity contribution in [3.8, 4) is 0 Å². The largest absolute Gasteiger partial charge is 0.352 e. The molecule has 1 aliphatic rings. The third-order valence-electron chi connectivity index (χ3n) is 4.72. The first-order valence-corrected chi connectivity index (χ1v) is 9.26. The van der Waals surface area contributed by atoms with Crippen LogP contribution in [0.5, 0.6) is 0 Å². The van der Waals surface area contributed by atoms with Crippen LogP contribution in [-0.4, -0.2) is 55.1 Å². The Morgan fingerprint density at radius 2 is 2.04 bits per heavy atom. The Morgan fingerprint density at radius 1 is 1.28 bits per heavy atom. The number of hydrogen-bond donors (Lipinski definition) is 2. The highest BCUT2D eigenvalue weighted by molar-refractivity contribution is 6.06. The molecule has 5 heteroatoms. The number of rotatable bonds is 6. The standard InChI is InChI=1S/C20H28N4O/c1-15(2)19-14-17(16-6-3-4-7-18(16)23-19)20(25)22-8-5-11-24-12-9-21-10-13-24/h3-4,6-7,14-15,21H,5,8-13H2,1-2H3,(H,22,25). The fraction of sp³-hybridized carbons (Fsp3) is 0.500. The van der Waals surface area contributed by atoms with Crippen LogP contribution in [0.3, 0.4) is 0 Å². The maximum atomic E-state index is 12.7. The molecular formula is C20H28N4O. The Labute approximate surface area is 149 Å². The molecule has 1 amide bonds. The summed E-state index contributed by atoms with van der Waals surface area (Å²) in [6, 6.07) is 9.82. The van der Waals surface area contributed by atoms with E-state index in [1.54, 1.807) is 0 Å². The first kappa shape index (κ1) is 17.8. The monoisotopic (exact) mass is 340 g/mol. The van der Waals surface area contributed by atoms with Gasteiger partial charge in [-0.15, -0.1) is 0 Å². The fourth-order valence-electron chi connectivity index (χ4n) is 3.21. The highest BCUT2D eigenvalue weighted by Gasteiger charge is 2.14. The molecule has 2 N–H and O–H groups in total. The van der Waals surface area contributed by atoms with Crippen LogP contribution in [0.1, 0.15) is 42.2 Å². The fourth-order valence-corrected chi connectivity index (χ4v) is 3.21. The van der Waals surface area contributed by atoms with Crippen molar-refractivity contribution in [2.45, 2.75) is 26.2 Å². The molecule has 0 saturated carbocycles. The van der Waals surface area contributed by atoms with E-state index in [1.807, 2.05) is 30.3 Å². The summed E-state index contributed by atoms with van der Waals surface area (Å²) in [5.41, 5.74) is 2.58. The zero-order valence-electron chi connectivity index (χ0n) is 15.2. The SMILES string of the molecule is CC(C)c1cc(C(=O)NCCCN2CCNCC2)c2ccccc2n1. The second-order valence-corrected chi connectivity index (χ2v) is 6.97. The van der Waals surface area contributed by atoms with Crippen LogP contribution in [-0.2, 0) is 0 Å². The molecule has 1 aliphatic heterocycles. The summed E-state index contributed by atoms with van der Waals surface area (Å²) in [6.07, 6.45) is 0.978. The summed E-state index contributed by atoms with van der Waals surface area (Å²) in [5, 5.41) is 7.37. The smallest absolute Gasteiger partial charge is 0.252 e. The molecule has 5 nitrogen and oxygen atoms in total. The number of amides is 1. The molecule has 0 aliphatic carbocycles. The number of nitrogens with one attached hydrogen (secondary N) is 2. The topological polar surface area (TPSA) is 57.3 Å². The van der Waals surface area contributed by atoms with Crippen LogP contribution in [0.2, 0.25) is 0 Å². The summed E-state index contributed by atoms with van der Waals surface area (Å²) < 4.78 is 0. The van der Waals surface area contributed by atoms with Gasteiger partial charge in [0.15, 0.2) is 0 Å².